The molecule has 78 valence electrons. The summed E-state index contributed by atoms with van der Waals surface area (Å²) in [5, 5.41) is 0. The molecule has 0 aromatic rings. The summed E-state index contributed by atoms with van der Waals surface area (Å²) in [6, 6.07) is 0. The van der Waals surface area contributed by atoms with Crippen molar-refractivity contribution in [3.63, 3.8) is 0 Å². The van der Waals surface area contributed by atoms with E-state index in [9.17, 15) is 13.2 Å². The Morgan fingerprint density at radius 2 is 2.15 bits per heavy atom. The molecule has 0 spiro atoms. The van der Waals surface area contributed by atoms with Gasteiger partial charge in [-0.2, -0.15) is 13.2 Å². The summed E-state index contributed by atoms with van der Waals surface area (Å²) in [5.74, 6) is 0.0281. The third kappa shape index (κ3) is 3.15. The third-order valence-electron chi connectivity index (χ3n) is 2.28. The summed E-state index contributed by atoms with van der Waals surface area (Å²) in [6.45, 7) is 0.633. The molecule has 1 fully saturated rings. The maximum atomic E-state index is 12.2. The number of likely N-dealkylation sites (tertiary alicyclic amines) is 1. The maximum Gasteiger partial charge on any atom is 0.459 e. The van der Waals surface area contributed by atoms with Crippen molar-refractivity contribution < 1.29 is 17.9 Å². The molecule has 1 rings (SSSR count). The molecular weight excluding hydrogens is 183 g/mol. The van der Waals surface area contributed by atoms with Gasteiger partial charge in [0.25, 0.3) is 0 Å². The lowest BCUT2D eigenvalue weighted by Gasteiger charge is -2.33. The highest BCUT2D eigenvalue weighted by molar-refractivity contribution is 4.73. The van der Waals surface area contributed by atoms with Crippen LogP contribution in [0.5, 0.6) is 0 Å². The number of hydrogen-bond donors (Lipinski definition) is 0. The smallest absolute Gasteiger partial charge is 0.384 e. The van der Waals surface area contributed by atoms with Crippen molar-refractivity contribution >= 4 is 0 Å². The Kier molecular flexibility index (Phi) is 3.55. The van der Waals surface area contributed by atoms with Crippen LogP contribution in [0.1, 0.15) is 12.8 Å². The lowest BCUT2D eigenvalue weighted by atomic mass is 9.99. The Balaban J connectivity index is 2.42. The summed E-state index contributed by atoms with van der Waals surface area (Å²) >= 11 is 0. The number of rotatable bonds is 2. The van der Waals surface area contributed by atoms with E-state index < -0.39 is 6.30 Å². The predicted octanol–water partition coefficient (Wildman–Crippen LogP) is 1.86. The Morgan fingerprint density at radius 1 is 1.46 bits per heavy atom. The fourth-order valence-electron chi connectivity index (χ4n) is 1.67. The molecule has 0 N–H and O–H groups in total. The van der Waals surface area contributed by atoms with Crippen molar-refractivity contribution in [2.75, 3.05) is 26.8 Å². The third-order valence-corrected chi connectivity index (χ3v) is 2.28. The van der Waals surface area contributed by atoms with Crippen LogP contribution in [-0.4, -0.2) is 38.0 Å². The number of nitrogens with zero attached hydrogens (tertiary/aromatic N) is 1. The molecule has 1 unspecified atom stereocenters. The van der Waals surface area contributed by atoms with Gasteiger partial charge in [0.2, 0.25) is 0 Å². The topological polar surface area (TPSA) is 12.5 Å². The van der Waals surface area contributed by atoms with Gasteiger partial charge in [-0.3, -0.25) is 0 Å². The number of piperidine rings is 1. The highest BCUT2D eigenvalue weighted by Crippen LogP contribution is 2.27. The largest absolute Gasteiger partial charge is 0.459 e. The van der Waals surface area contributed by atoms with E-state index in [0.29, 0.717) is 17.9 Å². The zero-order chi connectivity index (χ0) is 9.90. The van der Waals surface area contributed by atoms with Crippen molar-refractivity contribution in [2.24, 2.45) is 5.92 Å². The van der Waals surface area contributed by atoms with E-state index >= 15 is 0 Å². The molecule has 1 heterocycles. The molecule has 13 heavy (non-hydrogen) atoms. The Bertz CT molecular complexity index is 158. The fourth-order valence-corrected chi connectivity index (χ4v) is 1.67. The summed E-state index contributed by atoms with van der Waals surface area (Å²) in [6.07, 6.45) is -2.74. The van der Waals surface area contributed by atoms with Crippen LogP contribution in [0.2, 0.25) is 0 Å². The molecule has 1 aliphatic rings. The molecule has 1 saturated heterocycles. The second kappa shape index (κ2) is 4.28. The quantitative estimate of drug-likeness (QED) is 0.626. The number of ether oxygens (including phenoxy) is 1. The van der Waals surface area contributed by atoms with Crippen LogP contribution < -0.4 is 0 Å². The first kappa shape index (κ1) is 10.8. The van der Waals surface area contributed by atoms with Gasteiger partial charge in [-0.1, -0.05) is 0 Å². The van der Waals surface area contributed by atoms with E-state index in [1.165, 1.54) is 7.11 Å². The Morgan fingerprint density at radius 3 is 2.69 bits per heavy atom. The van der Waals surface area contributed by atoms with Crippen molar-refractivity contribution in [1.29, 1.82) is 0 Å². The zero-order valence-corrected chi connectivity index (χ0v) is 7.60. The molecule has 2 nitrogen and oxygen atoms in total. The second-order valence-electron chi connectivity index (χ2n) is 3.38. The molecule has 5 heteroatoms. The molecule has 0 bridgehead atoms. The van der Waals surface area contributed by atoms with Crippen molar-refractivity contribution in [1.82, 2.24) is 4.90 Å². The zero-order valence-electron chi connectivity index (χ0n) is 7.60. The van der Waals surface area contributed by atoms with E-state index in [1.807, 2.05) is 0 Å². The summed E-state index contributed by atoms with van der Waals surface area (Å²) in [5.41, 5.74) is 0. The van der Waals surface area contributed by atoms with E-state index in [2.05, 4.69) is 0 Å². The predicted molar refractivity (Wildman–Crippen MR) is 42.2 cm³/mol. The average molecular weight is 197 g/mol. The lowest BCUT2D eigenvalue weighted by molar-refractivity contribution is -0.254. The van der Waals surface area contributed by atoms with Gasteiger partial charge in [0.05, 0.1) is 6.61 Å². The average Bonchev–Trinajstić information content (AvgIpc) is 2.04. The first-order chi connectivity index (χ1) is 6.04. The fraction of sp³-hybridized carbons (Fsp3) is 1.00. The van der Waals surface area contributed by atoms with Gasteiger partial charge < -0.3 is 4.74 Å². The minimum absolute atomic E-state index is 0.0281. The van der Waals surface area contributed by atoms with E-state index in [-0.39, 0.29) is 19.0 Å². The monoisotopic (exact) mass is 197 g/mol. The van der Waals surface area contributed by atoms with Crippen LogP contribution in [0.4, 0.5) is 13.2 Å². The Hall–Kier alpha value is -0.290. The van der Waals surface area contributed by atoms with Gasteiger partial charge in [0, 0.05) is 20.2 Å². The molecule has 0 aliphatic carbocycles. The van der Waals surface area contributed by atoms with Gasteiger partial charge in [-0.05, 0) is 18.8 Å². The number of hydrogen-bond acceptors (Lipinski definition) is 2. The summed E-state index contributed by atoms with van der Waals surface area (Å²) in [4.78, 5) is 0.570. The minimum Gasteiger partial charge on any atom is -0.384 e. The van der Waals surface area contributed by atoms with E-state index in [1.54, 1.807) is 0 Å². The summed E-state index contributed by atoms with van der Waals surface area (Å²) in [7, 11) is 1.52. The normalized spacial score (nSPS) is 26.3. The molecule has 1 atom stereocenters. The van der Waals surface area contributed by atoms with Crippen molar-refractivity contribution in [3.8, 4) is 0 Å². The number of halogens is 3. The maximum absolute atomic E-state index is 12.2. The summed E-state index contributed by atoms with van der Waals surface area (Å²) < 4.78 is 41.6. The van der Waals surface area contributed by atoms with Gasteiger partial charge in [-0.25, -0.2) is 4.90 Å². The molecule has 0 amide bonds. The standard InChI is InChI=1S/C8H14F3NO/c1-13-6-7-3-2-4-12(5-7)8(9,10)11/h7H,2-6H2,1H3. The van der Waals surface area contributed by atoms with Gasteiger partial charge in [0.1, 0.15) is 0 Å². The van der Waals surface area contributed by atoms with Crippen LogP contribution in [-0.2, 0) is 4.74 Å². The van der Waals surface area contributed by atoms with Gasteiger partial charge >= 0.3 is 6.30 Å². The number of alkyl halides is 3. The van der Waals surface area contributed by atoms with Gasteiger partial charge in [-0.15, -0.1) is 0 Å². The van der Waals surface area contributed by atoms with Crippen LogP contribution in [0, 0.1) is 5.92 Å². The van der Waals surface area contributed by atoms with Crippen molar-refractivity contribution in [2.45, 2.75) is 19.1 Å². The van der Waals surface area contributed by atoms with Crippen molar-refractivity contribution in [3.05, 3.63) is 0 Å². The SMILES string of the molecule is COCC1CCCN(C(F)(F)F)C1. The first-order valence-electron chi connectivity index (χ1n) is 4.34. The minimum atomic E-state index is -4.17. The van der Waals surface area contributed by atoms with Crippen LogP contribution >= 0.6 is 0 Å². The number of methoxy groups -OCH3 is 1. The highest BCUT2D eigenvalue weighted by atomic mass is 19.4. The van der Waals surface area contributed by atoms with Crippen LogP contribution in [0.15, 0.2) is 0 Å². The first-order valence-corrected chi connectivity index (χ1v) is 4.34. The van der Waals surface area contributed by atoms with E-state index in [0.717, 1.165) is 6.42 Å². The molecule has 0 aromatic heterocycles. The molecule has 0 saturated carbocycles. The van der Waals surface area contributed by atoms with Crippen LogP contribution in [0.3, 0.4) is 0 Å². The highest BCUT2D eigenvalue weighted by Gasteiger charge is 2.39. The molecule has 1 aliphatic heterocycles. The molecular formula is C8H14F3NO. The molecule has 0 radical (unpaired) electrons. The van der Waals surface area contributed by atoms with Crippen LogP contribution in [0.25, 0.3) is 0 Å². The van der Waals surface area contributed by atoms with E-state index in [4.69, 9.17) is 4.74 Å². The van der Waals surface area contributed by atoms with Gasteiger partial charge in [0.15, 0.2) is 0 Å². The Labute approximate surface area is 75.7 Å². The lowest BCUT2D eigenvalue weighted by Crippen LogP contribution is -2.45. The molecule has 0 aromatic carbocycles. The second-order valence-corrected chi connectivity index (χ2v) is 3.38.